The van der Waals surface area contributed by atoms with Gasteiger partial charge in [-0.1, -0.05) is 20.8 Å². The molecule has 6 nitrogen and oxygen atoms in total. The molecule has 1 fully saturated rings. The standard InChI is InChI=1S/C14H27N3O3/c1-14(2,3)13(19)17-7-6-16-12(18)11(15)10-4-8-20-9-5-10/h10-11H,4-9,15H2,1-3H3,(H,16,18)(H,17,19). The van der Waals surface area contributed by atoms with Crippen molar-refractivity contribution in [2.45, 2.75) is 39.7 Å². The van der Waals surface area contributed by atoms with E-state index in [0.717, 1.165) is 12.8 Å². The van der Waals surface area contributed by atoms with Crippen LogP contribution in [0.15, 0.2) is 0 Å². The molecular weight excluding hydrogens is 258 g/mol. The fraction of sp³-hybridized carbons (Fsp3) is 0.857. The summed E-state index contributed by atoms with van der Waals surface area (Å²) in [7, 11) is 0. The van der Waals surface area contributed by atoms with Crippen molar-refractivity contribution < 1.29 is 14.3 Å². The second kappa shape index (κ2) is 7.59. The van der Waals surface area contributed by atoms with Crippen molar-refractivity contribution >= 4 is 11.8 Å². The predicted octanol–water partition coefficient (Wildman–Crippen LogP) is 0.0188. The third-order valence-corrected chi connectivity index (χ3v) is 3.47. The summed E-state index contributed by atoms with van der Waals surface area (Å²) in [4.78, 5) is 23.5. The third-order valence-electron chi connectivity index (χ3n) is 3.47. The van der Waals surface area contributed by atoms with Gasteiger partial charge < -0.3 is 21.1 Å². The summed E-state index contributed by atoms with van der Waals surface area (Å²) in [6.45, 7) is 7.71. The van der Waals surface area contributed by atoms with Crippen LogP contribution in [0.25, 0.3) is 0 Å². The van der Waals surface area contributed by atoms with Gasteiger partial charge in [-0.3, -0.25) is 9.59 Å². The largest absolute Gasteiger partial charge is 0.381 e. The summed E-state index contributed by atoms with van der Waals surface area (Å²) in [6.07, 6.45) is 1.66. The lowest BCUT2D eigenvalue weighted by atomic mass is 9.92. The molecule has 0 aliphatic carbocycles. The zero-order chi connectivity index (χ0) is 15.2. The van der Waals surface area contributed by atoms with Crippen molar-refractivity contribution in [3.8, 4) is 0 Å². The average molecular weight is 285 g/mol. The minimum Gasteiger partial charge on any atom is -0.381 e. The van der Waals surface area contributed by atoms with Crippen LogP contribution in [0.2, 0.25) is 0 Å². The Hall–Kier alpha value is -1.14. The fourth-order valence-corrected chi connectivity index (χ4v) is 2.03. The van der Waals surface area contributed by atoms with Crippen LogP contribution in [-0.4, -0.2) is 44.2 Å². The van der Waals surface area contributed by atoms with E-state index in [9.17, 15) is 9.59 Å². The summed E-state index contributed by atoms with van der Waals surface area (Å²) in [5, 5.41) is 5.55. The molecule has 0 bridgehead atoms. The topological polar surface area (TPSA) is 93.5 Å². The summed E-state index contributed by atoms with van der Waals surface area (Å²) in [6, 6.07) is -0.489. The van der Waals surface area contributed by atoms with Crippen molar-refractivity contribution in [2.24, 2.45) is 17.1 Å². The molecule has 0 radical (unpaired) electrons. The van der Waals surface area contributed by atoms with Crippen LogP contribution < -0.4 is 16.4 Å². The quantitative estimate of drug-likeness (QED) is 0.621. The lowest BCUT2D eigenvalue weighted by molar-refractivity contribution is -0.129. The molecule has 0 aromatic carbocycles. The number of amides is 2. The van der Waals surface area contributed by atoms with Gasteiger partial charge >= 0.3 is 0 Å². The van der Waals surface area contributed by atoms with E-state index >= 15 is 0 Å². The Balaban J connectivity index is 2.21. The van der Waals surface area contributed by atoms with E-state index in [1.54, 1.807) is 0 Å². The van der Waals surface area contributed by atoms with Gasteiger partial charge in [-0.05, 0) is 18.8 Å². The molecule has 1 aliphatic rings. The lowest BCUT2D eigenvalue weighted by Gasteiger charge is -2.26. The molecule has 4 N–H and O–H groups in total. The Morgan fingerprint density at radius 2 is 1.75 bits per heavy atom. The molecule has 2 amide bonds. The predicted molar refractivity (Wildman–Crippen MR) is 77.0 cm³/mol. The molecule has 116 valence electrons. The Bertz CT molecular complexity index is 333. The van der Waals surface area contributed by atoms with Gasteiger partial charge in [0.15, 0.2) is 0 Å². The summed E-state index contributed by atoms with van der Waals surface area (Å²) in [5.41, 5.74) is 5.53. The average Bonchev–Trinajstić information content (AvgIpc) is 2.42. The third kappa shape index (κ3) is 5.46. The number of carbonyl (C=O) groups is 2. The van der Waals surface area contributed by atoms with Gasteiger partial charge in [-0.25, -0.2) is 0 Å². The van der Waals surface area contributed by atoms with Gasteiger partial charge in [-0.2, -0.15) is 0 Å². The van der Waals surface area contributed by atoms with Gasteiger partial charge in [0.25, 0.3) is 0 Å². The van der Waals surface area contributed by atoms with E-state index in [4.69, 9.17) is 10.5 Å². The SMILES string of the molecule is CC(C)(C)C(=O)NCCNC(=O)C(N)C1CCOCC1. The van der Waals surface area contributed by atoms with Crippen molar-refractivity contribution in [1.29, 1.82) is 0 Å². The number of hydrogen-bond donors (Lipinski definition) is 3. The van der Waals surface area contributed by atoms with Crippen LogP contribution in [0.1, 0.15) is 33.6 Å². The number of carbonyl (C=O) groups excluding carboxylic acids is 2. The molecule has 0 spiro atoms. The van der Waals surface area contributed by atoms with E-state index in [2.05, 4.69) is 10.6 Å². The van der Waals surface area contributed by atoms with Crippen molar-refractivity contribution in [3.05, 3.63) is 0 Å². The first-order chi connectivity index (χ1) is 9.32. The van der Waals surface area contributed by atoms with Gasteiger partial charge in [0.05, 0.1) is 6.04 Å². The van der Waals surface area contributed by atoms with Gasteiger partial charge in [0, 0.05) is 31.7 Å². The highest BCUT2D eigenvalue weighted by atomic mass is 16.5. The second-order valence-electron chi connectivity index (χ2n) is 6.27. The molecule has 6 heteroatoms. The highest BCUT2D eigenvalue weighted by Gasteiger charge is 2.26. The van der Waals surface area contributed by atoms with Crippen molar-refractivity contribution in [2.75, 3.05) is 26.3 Å². The lowest BCUT2D eigenvalue weighted by Crippen LogP contribution is -2.49. The number of nitrogens with two attached hydrogens (primary N) is 1. The number of hydrogen-bond acceptors (Lipinski definition) is 4. The maximum atomic E-state index is 11.9. The van der Waals surface area contributed by atoms with Crippen LogP contribution >= 0.6 is 0 Å². The minimum absolute atomic E-state index is 0.0273. The van der Waals surface area contributed by atoms with E-state index in [1.165, 1.54) is 0 Å². The Labute approximate surface area is 120 Å². The first-order valence-electron chi connectivity index (χ1n) is 7.21. The molecule has 1 aliphatic heterocycles. The molecule has 1 rings (SSSR count). The fourth-order valence-electron chi connectivity index (χ4n) is 2.03. The zero-order valence-electron chi connectivity index (χ0n) is 12.7. The van der Waals surface area contributed by atoms with Gasteiger partial charge in [0.1, 0.15) is 0 Å². The molecule has 0 saturated carbocycles. The molecule has 1 unspecified atom stereocenters. The summed E-state index contributed by atoms with van der Waals surface area (Å²) >= 11 is 0. The highest BCUT2D eigenvalue weighted by Crippen LogP contribution is 2.17. The van der Waals surface area contributed by atoms with E-state index in [-0.39, 0.29) is 17.7 Å². The van der Waals surface area contributed by atoms with Crippen LogP contribution in [0, 0.1) is 11.3 Å². The van der Waals surface area contributed by atoms with E-state index < -0.39 is 11.5 Å². The van der Waals surface area contributed by atoms with Gasteiger partial charge in [-0.15, -0.1) is 0 Å². The molecule has 1 atom stereocenters. The monoisotopic (exact) mass is 285 g/mol. The number of nitrogens with one attached hydrogen (secondary N) is 2. The molecule has 20 heavy (non-hydrogen) atoms. The molecule has 1 saturated heterocycles. The number of rotatable bonds is 5. The van der Waals surface area contributed by atoms with Crippen molar-refractivity contribution in [3.63, 3.8) is 0 Å². The van der Waals surface area contributed by atoms with E-state index in [0.29, 0.717) is 26.3 Å². The molecule has 0 aromatic rings. The van der Waals surface area contributed by atoms with Crippen LogP contribution in [-0.2, 0) is 14.3 Å². The Morgan fingerprint density at radius 1 is 1.20 bits per heavy atom. The Morgan fingerprint density at radius 3 is 2.30 bits per heavy atom. The normalized spacial score (nSPS) is 18.4. The van der Waals surface area contributed by atoms with Gasteiger partial charge in [0.2, 0.25) is 11.8 Å². The maximum Gasteiger partial charge on any atom is 0.237 e. The summed E-state index contributed by atoms with van der Waals surface area (Å²) < 4.78 is 5.25. The van der Waals surface area contributed by atoms with Crippen LogP contribution in [0.3, 0.4) is 0 Å². The Kier molecular flexibility index (Phi) is 6.42. The molecule has 0 aromatic heterocycles. The smallest absolute Gasteiger partial charge is 0.237 e. The van der Waals surface area contributed by atoms with Crippen LogP contribution in [0.5, 0.6) is 0 Å². The molecular formula is C14H27N3O3. The maximum absolute atomic E-state index is 11.9. The summed E-state index contributed by atoms with van der Waals surface area (Å²) in [5.74, 6) is 0.00954. The van der Waals surface area contributed by atoms with E-state index in [1.807, 2.05) is 20.8 Å². The minimum atomic E-state index is -0.489. The van der Waals surface area contributed by atoms with Crippen molar-refractivity contribution in [1.82, 2.24) is 10.6 Å². The zero-order valence-corrected chi connectivity index (χ0v) is 12.7. The first kappa shape index (κ1) is 16.9. The highest BCUT2D eigenvalue weighted by molar-refractivity contribution is 5.82. The number of ether oxygens (including phenoxy) is 1. The second-order valence-corrected chi connectivity index (χ2v) is 6.27. The molecule has 1 heterocycles. The first-order valence-corrected chi connectivity index (χ1v) is 7.21. The van der Waals surface area contributed by atoms with Crippen LogP contribution in [0.4, 0.5) is 0 Å².